The van der Waals surface area contributed by atoms with Crippen LogP contribution in [0.15, 0.2) is 12.1 Å². The molecule has 0 saturated carbocycles. The van der Waals surface area contributed by atoms with Gasteiger partial charge >= 0.3 is 0 Å². The second-order valence-corrected chi connectivity index (χ2v) is 5.77. The first-order chi connectivity index (χ1) is 10.5. The second kappa shape index (κ2) is 7.01. The number of rotatable bonds is 3. The molecule has 1 aromatic rings. The van der Waals surface area contributed by atoms with Crippen LogP contribution >= 0.6 is 11.6 Å². The number of methoxy groups -OCH3 is 1. The number of carbonyl (C=O) groups excluding carboxylic acids is 2. The van der Waals surface area contributed by atoms with Crippen molar-refractivity contribution >= 4 is 23.4 Å². The first kappa shape index (κ1) is 16.6. The van der Waals surface area contributed by atoms with Crippen LogP contribution in [0.4, 0.5) is 0 Å². The highest BCUT2D eigenvalue weighted by atomic mass is 35.5. The summed E-state index contributed by atoms with van der Waals surface area (Å²) in [5.41, 5.74) is 1.31. The summed E-state index contributed by atoms with van der Waals surface area (Å²) in [6, 6.07) is 3.41. The quantitative estimate of drug-likeness (QED) is 0.857. The summed E-state index contributed by atoms with van der Waals surface area (Å²) in [4.78, 5) is 27.9. The van der Waals surface area contributed by atoms with Crippen molar-refractivity contribution in [3.05, 3.63) is 28.3 Å². The highest BCUT2D eigenvalue weighted by Gasteiger charge is 2.26. The molecule has 0 unspecified atom stereocenters. The summed E-state index contributed by atoms with van der Waals surface area (Å²) in [6.45, 7) is 5.90. The molecule has 0 atom stereocenters. The average Bonchev–Trinajstić information content (AvgIpc) is 2.53. The number of benzene rings is 1. The van der Waals surface area contributed by atoms with Crippen LogP contribution in [0.1, 0.15) is 29.3 Å². The molecule has 1 fully saturated rings. The summed E-state index contributed by atoms with van der Waals surface area (Å²) in [5, 5.41) is 0.515. The monoisotopic (exact) mass is 324 g/mol. The fourth-order valence-corrected chi connectivity index (χ4v) is 2.99. The van der Waals surface area contributed by atoms with Gasteiger partial charge in [0, 0.05) is 37.6 Å². The lowest BCUT2D eigenvalue weighted by atomic mass is 10.1. The molecule has 0 bridgehead atoms. The summed E-state index contributed by atoms with van der Waals surface area (Å²) < 4.78 is 5.35. The fourth-order valence-electron chi connectivity index (χ4n) is 2.71. The Hall–Kier alpha value is -1.75. The molecule has 0 N–H and O–H groups in total. The number of carbonyl (C=O) groups is 2. The number of amides is 2. The topological polar surface area (TPSA) is 49.9 Å². The van der Waals surface area contributed by atoms with Gasteiger partial charge in [-0.3, -0.25) is 9.59 Å². The van der Waals surface area contributed by atoms with Crippen molar-refractivity contribution in [1.82, 2.24) is 9.80 Å². The van der Waals surface area contributed by atoms with Crippen LogP contribution in [0, 0.1) is 6.92 Å². The minimum Gasteiger partial charge on any atom is -0.496 e. The van der Waals surface area contributed by atoms with E-state index in [2.05, 4.69) is 0 Å². The number of nitrogens with zero attached hydrogens (tertiary/aromatic N) is 2. The van der Waals surface area contributed by atoms with E-state index in [1.54, 1.807) is 29.0 Å². The van der Waals surface area contributed by atoms with Gasteiger partial charge in [0.05, 0.1) is 12.7 Å². The SMILES string of the molecule is CCC(=O)N1CCN(C(=O)c2cc(Cl)cc(C)c2OC)CC1. The van der Waals surface area contributed by atoms with E-state index in [1.807, 2.05) is 13.8 Å². The maximum atomic E-state index is 12.7. The molecule has 1 aliphatic rings. The minimum absolute atomic E-state index is 0.106. The molecule has 0 aromatic heterocycles. The summed E-state index contributed by atoms with van der Waals surface area (Å²) in [6.07, 6.45) is 0.495. The van der Waals surface area contributed by atoms with E-state index in [9.17, 15) is 9.59 Å². The van der Waals surface area contributed by atoms with E-state index in [0.29, 0.717) is 48.9 Å². The normalized spacial score (nSPS) is 14.9. The van der Waals surface area contributed by atoms with Gasteiger partial charge in [0.2, 0.25) is 5.91 Å². The predicted molar refractivity (Wildman–Crippen MR) is 85.5 cm³/mol. The zero-order valence-corrected chi connectivity index (χ0v) is 13.9. The molecule has 2 amide bonds. The molecule has 22 heavy (non-hydrogen) atoms. The van der Waals surface area contributed by atoms with Crippen molar-refractivity contribution in [2.45, 2.75) is 20.3 Å². The zero-order valence-electron chi connectivity index (χ0n) is 13.2. The van der Waals surface area contributed by atoms with Gasteiger partial charge in [0.15, 0.2) is 0 Å². The molecule has 0 aliphatic carbocycles. The predicted octanol–water partition coefficient (Wildman–Crippen LogP) is 2.35. The van der Waals surface area contributed by atoms with Gasteiger partial charge in [-0.1, -0.05) is 18.5 Å². The van der Waals surface area contributed by atoms with Gasteiger partial charge in [-0.05, 0) is 24.6 Å². The van der Waals surface area contributed by atoms with E-state index in [0.717, 1.165) is 5.56 Å². The van der Waals surface area contributed by atoms with Gasteiger partial charge in [0.25, 0.3) is 5.91 Å². The fraction of sp³-hybridized carbons (Fsp3) is 0.500. The van der Waals surface area contributed by atoms with Crippen molar-refractivity contribution in [3.63, 3.8) is 0 Å². The van der Waals surface area contributed by atoms with Gasteiger partial charge in [0.1, 0.15) is 5.75 Å². The third-order valence-corrected chi connectivity index (χ3v) is 4.11. The molecule has 120 valence electrons. The van der Waals surface area contributed by atoms with Gasteiger partial charge in [-0.15, -0.1) is 0 Å². The van der Waals surface area contributed by atoms with Gasteiger partial charge < -0.3 is 14.5 Å². The molecule has 0 radical (unpaired) electrons. The Labute approximate surface area is 135 Å². The maximum Gasteiger partial charge on any atom is 0.257 e. The standard InChI is InChI=1S/C16H21ClN2O3/c1-4-14(20)18-5-7-19(8-6-18)16(21)13-10-12(17)9-11(2)15(13)22-3/h9-10H,4-8H2,1-3H3. The summed E-state index contributed by atoms with van der Waals surface area (Å²) in [7, 11) is 1.55. The van der Waals surface area contributed by atoms with Crippen molar-refractivity contribution in [3.8, 4) is 5.75 Å². The van der Waals surface area contributed by atoms with Crippen molar-refractivity contribution < 1.29 is 14.3 Å². The van der Waals surface area contributed by atoms with Crippen LogP contribution in [0.2, 0.25) is 5.02 Å². The molecular weight excluding hydrogens is 304 g/mol. The lowest BCUT2D eigenvalue weighted by molar-refractivity contribution is -0.132. The Bertz CT molecular complexity index is 581. The summed E-state index contributed by atoms with van der Waals surface area (Å²) >= 11 is 6.07. The smallest absolute Gasteiger partial charge is 0.257 e. The van der Waals surface area contributed by atoms with Crippen LogP contribution in [-0.4, -0.2) is 54.9 Å². The van der Waals surface area contributed by atoms with E-state index in [4.69, 9.17) is 16.3 Å². The van der Waals surface area contributed by atoms with E-state index >= 15 is 0 Å². The molecule has 6 heteroatoms. The molecule has 1 saturated heterocycles. The van der Waals surface area contributed by atoms with Crippen molar-refractivity contribution in [2.75, 3.05) is 33.3 Å². The van der Waals surface area contributed by atoms with Crippen molar-refractivity contribution in [2.24, 2.45) is 0 Å². The first-order valence-electron chi connectivity index (χ1n) is 7.39. The first-order valence-corrected chi connectivity index (χ1v) is 7.77. The Morgan fingerprint density at radius 1 is 1.18 bits per heavy atom. The Kier molecular flexibility index (Phi) is 5.29. The van der Waals surface area contributed by atoms with Crippen LogP contribution < -0.4 is 4.74 Å². The van der Waals surface area contributed by atoms with E-state index in [-0.39, 0.29) is 11.8 Å². The summed E-state index contributed by atoms with van der Waals surface area (Å²) in [5.74, 6) is 0.579. The van der Waals surface area contributed by atoms with Crippen LogP contribution in [0.5, 0.6) is 5.75 Å². The number of hydrogen-bond acceptors (Lipinski definition) is 3. The number of halogens is 1. The van der Waals surface area contributed by atoms with Crippen LogP contribution in [-0.2, 0) is 4.79 Å². The van der Waals surface area contributed by atoms with E-state index in [1.165, 1.54) is 0 Å². The molecule has 2 rings (SSSR count). The Balaban J connectivity index is 2.15. The molecule has 1 aromatic carbocycles. The van der Waals surface area contributed by atoms with E-state index < -0.39 is 0 Å². The third kappa shape index (κ3) is 3.35. The zero-order chi connectivity index (χ0) is 16.3. The molecule has 1 aliphatic heterocycles. The number of aryl methyl sites for hydroxylation is 1. The number of piperazine rings is 1. The van der Waals surface area contributed by atoms with Gasteiger partial charge in [-0.2, -0.15) is 0 Å². The Morgan fingerprint density at radius 2 is 1.77 bits per heavy atom. The van der Waals surface area contributed by atoms with Gasteiger partial charge in [-0.25, -0.2) is 0 Å². The molecule has 0 spiro atoms. The van der Waals surface area contributed by atoms with Crippen LogP contribution in [0.3, 0.4) is 0 Å². The second-order valence-electron chi connectivity index (χ2n) is 5.33. The van der Waals surface area contributed by atoms with Crippen LogP contribution in [0.25, 0.3) is 0 Å². The highest BCUT2D eigenvalue weighted by molar-refractivity contribution is 6.31. The van der Waals surface area contributed by atoms with Crippen molar-refractivity contribution in [1.29, 1.82) is 0 Å². The molecular formula is C16H21ClN2O3. The average molecular weight is 325 g/mol. The maximum absolute atomic E-state index is 12.7. The minimum atomic E-state index is -0.106. The highest BCUT2D eigenvalue weighted by Crippen LogP contribution is 2.29. The lowest BCUT2D eigenvalue weighted by Gasteiger charge is -2.35. The lowest BCUT2D eigenvalue weighted by Crippen LogP contribution is -2.50. The number of ether oxygens (including phenoxy) is 1. The largest absolute Gasteiger partial charge is 0.496 e. The third-order valence-electron chi connectivity index (χ3n) is 3.90. The Morgan fingerprint density at radius 3 is 2.32 bits per heavy atom. The molecule has 5 nitrogen and oxygen atoms in total. The number of hydrogen-bond donors (Lipinski definition) is 0. The molecule has 1 heterocycles.